The molecule has 1 N–H and O–H groups in total. The van der Waals surface area contributed by atoms with Crippen LogP contribution in [0.4, 0.5) is 0 Å². The van der Waals surface area contributed by atoms with Crippen LogP contribution in [0.1, 0.15) is 79.1 Å². The summed E-state index contributed by atoms with van der Waals surface area (Å²) < 4.78 is 1.42. The summed E-state index contributed by atoms with van der Waals surface area (Å²) in [6, 6.07) is 0. The molecule has 0 aliphatic carbocycles. The molecule has 0 spiro atoms. The van der Waals surface area contributed by atoms with Gasteiger partial charge in [-0.05, 0) is 36.6 Å². The fourth-order valence-corrected chi connectivity index (χ4v) is 2.64. The van der Waals surface area contributed by atoms with E-state index >= 15 is 0 Å². The Morgan fingerprint density at radius 3 is 0.900 bits per heavy atom. The summed E-state index contributed by atoms with van der Waals surface area (Å²) in [5, 5.41) is 0. The normalized spacial score (nSPS) is 10.2. The SMILES string of the molecule is CCCC[N+](CCCC)(CCCC)CCCC.P.[OH-].[SiH4]. The molecule has 0 aromatic heterocycles. The molecule has 2 nitrogen and oxygen atoms in total. The average molecular weight is 326 g/mol. The molecule has 0 rings (SSSR count). The lowest BCUT2D eigenvalue weighted by atomic mass is 10.1. The quantitative estimate of drug-likeness (QED) is 0.307. The van der Waals surface area contributed by atoms with E-state index in [0.29, 0.717) is 0 Å². The van der Waals surface area contributed by atoms with Gasteiger partial charge in [-0.1, -0.05) is 53.4 Å². The summed E-state index contributed by atoms with van der Waals surface area (Å²) in [5.41, 5.74) is 0. The summed E-state index contributed by atoms with van der Waals surface area (Å²) in [4.78, 5) is 0. The molecule has 0 aromatic carbocycles. The van der Waals surface area contributed by atoms with E-state index in [4.69, 9.17) is 0 Å². The number of nitrogens with zero attached hydrogens (tertiary/aromatic N) is 1. The molecule has 1 unspecified atom stereocenters. The van der Waals surface area contributed by atoms with Crippen molar-refractivity contribution in [3.8, 4) is 0 Å². The number of hydrogen-bond donors (Lipinski definition) is 0. The first-order valence-corrected chi connectivity index (χ1v) is 8.09. The third-order valence-corrected chi connectivity index (χ3v) is 3.94. The average Bonchev–Trinajstić information content (AvgIpc) is 2.37. The van der Waals surface area contributed by atoms with Crippen molar-refractivity contribution in [2.75, 3.05) is 26.2 Å². The zero-order valence-corrected chi connectivity index (χ0v) is 15.5. The molecule has 1 atom stereocenters. The second-order valence-electron chi connectivity index (χ2n) is 5.65. The Bertz CT molecular complexity index is 133. The second kappa shape index (κ2) is 19.6. The monoisotopic (exact) mass is 325 g/mol. The molecule has 0 fully saturated rings. The van der Waals surface area contributed by atoms with Gasteiger partial charge in [0.1, 0.15) is 0 Å². The van der Waals surface area contributed by atoms with Gasteiger partial charge < -0.3 is 9.96 Å². The lowest BCUT2D eigenvalue weighted by Gasteiger charge is -2.39. The Morgan fingerprint density at radius 2 is 0.750 bits per heavy atom. The second-order valence-corrected chi connectivity index (χ2v) is 5.65. The van der Waals surface area contributed by atoms with Crippen molar-refractivity contribution < 1.29 is 9.96 Å². The first kappa shape index (κ1) is 28.7. The van der Waals surface area contributed by atoms with E-state index in [2.05, 4.69) is 27.7 Å². The molecule has 0 heterocycles. The van der Waals surface area contributed by atoms with Crippen LogP contribution in [0.3, 0.4) is 0 Å². The number of unbranched alkanes of at least 4 members (excludes halogenated alkanes) is 4. The summed E-state index contributed by atoms with van der Waals surface area (Å²) in [6.07, 6.45) is 11.1. The summed E-state index contributed by atoms with van der Waals surface area (Å²) in [7, 11) is 0. The van der Waals surface area contributed by atoms with Gasteiger partial charge in [-0.25, -0.2) is 0 Å². The molecule has 0 aliphatic rings. The van der Waals surface area contributed by atoms with E-state index < -0.39 is 0 Å². The highest BCUT2D eigenvalue weighted by molar-refractivity contribution is 6.92. The van der Waals surface area contributed by atoms with Crippen LogP contribution in [0.25, 0.3) is 0 Å². The maximum Gasteiger partial charge on any atom is 0.0786 e. The smallest absolute Gasteiger partial charge is 0.0786 e. The van der Waals surface area contributed by atoms with Crippen LogP contribution in [0, 0.1) is 0 Å². The number of hydrogen-bond acceptors (Lipinski definition) is 1. The maximum absolute atomic E-state index is 2.33. The van der Waals surface area contributed by atoms with Crippen LogP contribution in [-0.4, -0.2) is 47.1 Å². The van der Waals surface area contributed by atoms with Gasteiger partial charge in [0.15, 0.2) is 0 Å². The van der Waals surface area contributed by atoms with Gasteiger partial charge >= 0.3 is 0 Å². The molecule has 0 bridgehead atoms. The van der Waals surface area contributed by atoms with Gasteiger partial charge in [0.2, 0.25) is 0 Å². The van der Waals surface area contributed by atoms with Crippen LogP contribution < -0.4 is 0 Å². The van der Waals surface area contributed by atoms with Crippen molar-refractivity contribution >= 4 is 20.9 Å². The summed E-state index contributed by atoms with van der Waals surface area (Å²) in [6.45, 7) is 15.0. The zero-order valence-electron chi connectivity index (χ0n) is 14.1. The van der Waals surface area contributed by atoms with E-state index in [1.807, 2.05) is 0 Å². The van der Waals surface area contributed by atoms with E-state index in [1.54, 1.807) is 0 Å². The molecular weight excluding hydrogens is 281 g/mol. The molecule has 0 aliphatic heterocycles. The lowest BCUT2D eigenvalue weighted by Crippen LogP contribution is -2.50. The molecule has 4 heteroatoms. The standard InChI is InChI=1S/C16H36N.H2O.H3P.H4Si/c1-5-9-13-17(14-10-6-2,15-11-7-3)16-12-8-4;;;/h5-16H2,1-4H3;1H2;1H3;1H4/q+1;;;/p-1. The van der Waals surface area contributed by atoms with E-state index in [0.717, 1.165) is 0 Å². The fraction of sp³-hybridized carbons (Fsp3) is 1.00. The summed E-state index contributed by atoms with van der Waals surface area (Å²) >= 11 is 0. The van der Waals surface area contributed by atoms with Gasteiger partial charge in [0.25, 0.3) is 0 Å². The minimum absolute atomic E-state index is 0. The first-order chi connectivity index (χ1) is 8.24. The highest BCUT2D eigenvalue weighted by Gasteiger charge is 2.24. The predicted octanol–water partition coefficient (Wildman–Crippen LogP) is 3.43. The van der Waals surface area contributed by atoms with Crippen molar-refractivity contribution in [3.05, 3.63) is 0 Å². The van der Waals surface area contributed by atoms with Crippen molar-refractivity contribution in [3.63, 3.8) is 0 Å². The van der Waals surface area contributed by atoms with Crippen LogP contribution in [0.15, 0.2) is 0 Å². The van der Waals surface area contributed by atoms with Crippen molar-refractivity contribution in [1.29, 1.82) is 0 Å². The van der Waals surface area contributed by atoms with Crippen LogP contribution in [0.2, 0.25) is 0 Å². The molecule has 0 saturated heterocycles. The molecule has 0 saturated carbocycles. The molecule has 0 radical (unpaired) electrons. The van der Waals surface area contributed by atoms with Gasteiger partial charge in [-0.3, -0.25) is 0 Å². The van der Waals surface area contributed by atoms with Gasteiger partial charge in [-0.15, -0.1) is 0 Å². The Hall–Kier alpha value is 0.567. The Kier molecular flexibility index (Phi) is 28.1. The van der Waals surface area contributed by atoms with Crippen LogP contribution in [-0.2, 0) is 0 Å². The Labute approximate surface area is 136 Å². The fourth-order valence-electron chi connectivity index (χ4n) is 2.64. The Morgan fingerprint density at radius 1 is 0.550 bits per heavy atom. The lowest BCUT2D eigenvalue weighted by molar-refractivity contribution is -0.929. The van der Waals surface area contributed by atoms with Gasteiger partial charge in [0, 0.05) is 0 Å². The third-order valence-electron chi connectivity index (χ3n) is 3.94. The molecule has 128 valence electrons. The zero-order chi connectivity index (χ0) is 13.0. The number of rotatable bonds is 12. The maximum atomic E-state index is 2.33. The Balaban J connectivity index is -0.000000427. The van der Waals surface area contributed by atoms with Crippen LogP contribution in [0.5, 0.6) is 0 Å². The third kappa shape index (κ3) is 13.5. The molecular formula is C16H44NOPSi. The number of quaternary nitrogens is 1. The van der Waals surface area contributed by atoms with E-state index in [9.17, 15) is 0 Å². The first-order valence-electron chi connectivity index (χ1n) is 8.09. The van der Waals surface area contributed by atoms with Gasteiger partial charge in [0.05, 0.1) is 26.2 Å². The summed E-state index contributed by atoms with van der Waals surface area (Å²) in [5.74, 6) is 0. The minimum atomic E-state index is 0. The molecule has 0 aromatic rings. The molecule has 20 heavy (non-hydrogen) atoms. The molecule has 0 amide bonds. The topological polar surface area (TPSA) is 30.0 Å². The van der Waals surface area contributed by atoms with Crippen molar-refractivity contribution in [2.24, 2.45) is 0 Å². The van der Waals surface area contributed by atoms with Crippen LogP contribution >= 0.6 is 9.90 Å². The highest BCUT2D eigenvalue weighted by Crippen LogP contribution is 2.16. The minimum Gasteiger partial charge on any atom is -0.870 e. The highest BCUT2D eigenvalue weighted by atomic mass is 31.0. The van der Waals surface area contributed by atoms with Gasteiger partial charge in [-0.2, -0.15) is 9.90 Å². The largest absolute Gasteiger partial charge is 0.870 e. The van der Waals surface area contributed by atoms with Crippen molar-refractivity contribution in [2.45, 2.75) is 79.1 Å². The predicted molar refractivity (Wildman–Crippen MR) is 104 cm³/mol. The van der Waals surface area contributed by atoms with E-state index in [-0.39, 0.29) is 26.3 Å². The van der Waals surface area contributed by atoms with Crippen molar-refractivity contribution in [1.82, 2.24) is 0 Å². The van der Waals surface area contributed by atoms with E-state index in [1.165, 1.54) is 82.0 Å².